The lowest BCUT2D eigenvalue weighted by Gasteiger charge is -2.38. The monoisotopic (exact) mass is 338 g/mol. The summed E-state index contributed by atoms with van der Waals surface area (Å²) in [5.74, 6) is 0.973. The normalized spacial score (nSPS) is 18.5. The Labute approximate surface area is 147 Å². The molecule has 0 aliphatic carbocycles. The molecule has 2 aromatic carbocycles. The van der Waals surface area contributed by atoms with Crippen LogP contribution in [0.4, 0.5) is 0 Å². The molecule has 0 saturated heterocycles. The van der Waals surface area contributed by atoms with Gasteiger partial charge in [-0.1, -0.05) is 36.4 Å². The van der Waals surface area contributed by atoms with Gasteiger partial charge >= 0.3 is 0 Å². The van der Waals surface area contributed by atoms with Crippen LogP contribution in [0.3, 0.4) is 0 Å². The topological polar surface area (TPSA) is 55.8 Å². The quantitative estimate of drug-likeness (QED) is 0.683. The van der Waals surface area contributed by atoms with E-state index in [9.17, 15) is 9.90 Å². The number of methoxy groups -OCH3 is 1. The van der Waals surface area contributed by atoms with Crippen LogP contribution in [-0.4, -0.2) is 29.7 Å². The van der Waals surface area contributed by atoms with Gasteiger partial charge in [-0.15, -0.1) is 0 Å². The first kappa shape index (κ1) is 17.2. The predicted molar refractivity (Wildman–Crippen MR) is 97.2 cm³/mol. The van der Waals surface area contributed by atoms with Crippen molar-refractivity contribution in [2.75, 3.05) is 7.11 Å². The van der Waals surface area contributed by atoms with Crippen LogP contribution in [-0.2, 0) is 6.42 Å². The number of aliphatic hydroxyl groups excluding tert-OH is 1. The second-order valence-corrected chi connectivity index (χ2v) is 6.66. The van der Waals surface area contributed by atoms with E-state index in [1.807, 2.05) is 44.2 Å². The van der Waals surface area contributed by atoms with Crippen LogP contribution in [0.5, 0.6) is 11.5 Å². The van der Waals surface area contributed by atoms with Gasteiger partial charge in [-0.2, -0.15) is 0 Å². The van der Waals surface area contributed by atoms with Gasteiger partial charge in [0, 0.05) is 12.0 Å². The lowest BCUT2D eigenvalue weighted by atomic mass is 9.88. The van der Waals surface area contributed by atoms with Crippen molar-refractivity contribution >= 4 is 11.9 Å². The van der Waals surface area contributed by atoms with Crippen LogP contribution in [0.2, 0.25) is 0 Å². The summed E-state index contributed by atoms with van der Waals surface area (Å²) in [6, 6.07) is 13.1. The maximum Gasteiger partial charge on any atom is 0.189 e. The Morgan fingerprint density at radius 1 is 1.24 bits per heavy atom. The Morgan fingerprint density at radius 3 is 2.64 bits per heavy atom. The molecule has 1 aliphatic heterocycles. The van der Waals surface area contributed by atoms with E-state index >= 15 is 0 Å². The summed E-state index contributed by atoms with van der Waals surface area (Å²) < 4.78 is 11.4. The summed E-state index contributed by atoms with van der Waals surface area (Å²) >= 11 is 0. The number of allylic oxidation sites excluding steroid dienone is 1. The fourth-order valence-corrected chi connectivity index (χ4v) is 2.90. The molecule has 25 heavy (non-hydrogen) atoms. The molecule has 0 fully saturated rings. The molecule has 1 N–H and O–H groups in total. The number of hydrogen-bond donors (Lipinski definition) is 1. The number of ketones is 1. The molecular formula is C21H22O4. The van der Waals surface area contributed by atoms with Crippen molar-refractivity contribution in [3.05, 3.63) is 65.2 Å². The molecule has 4 nitrogen and oxygen atoms in total. The van der Waals surface area contributed by atoms with Crippen molar-refractivity contribution in [1.82, 2.24) is 0 Å². The van der Waals surface area contributed by atoms with E-state index in [0.717, 1.165) is 11.1 Å². The van der Waals surface area contributed by atoms with Crippen LogP contribution in [0.15, 0.2) is 48.5 Å². The standard InChI is InChI=1S/C21H22O4/c1-21(2)19(23)13-16-18(24-3)12-10-15(20(16)25-21)17(22)11-9-14-7-5-4-6-8-14/h4-12,19,23H,13H2,1-3H3/t19-/m0/s1. The number of hydrogen-bond acceptors (Lipinski definition) is 4. The molecule has 0 bridgehead atoms. The van der Waals surface area contributed by atoms with Gasteiger partial charge in [0.05, 0.1) is 18.8 Å². The van der Waals surface area contributed by atoms with Gasteiger partial charge in [0.1, 0.15) is 17.1 Å². The molecular weight excluding hydrogens is 316 g/mol. The van der Waals surface area contributed by atoms with Crippen LogP contribution in [0, 0.1) is 0 Å². The maximum absolute atomic E-state index is 12.7. The first-order valence-corrected chi connectivity index (χ1v) is 8.27. The van der Waals surface area contributed by atoms with Crippen molar-refractivity contribution in [3.8, 4) is 11.5 Å². The molecule has 0 unspecified atom stereocenters. The third-order valence-corrected chi connectivity index (χ3v) is 4.49. The van der Waals surface area contributed by atoms with Crippen molar-refractivity contribution in [2.24, 2.45) is 0 Å². The van der Waals surface area contributed by atoms with Gasteiger partial charge < -0.3 is 14.6 Å². The van der Waals surface area contributed by atoms with Gasteiger partial charge in [-0.3, -0.25) is 4.79 Å². The second-order valence-electron chi connectivity index (χ2n) is 6.66. The lowest BCUT2D eigenvalue weighted by molar-refractivity contribution is -0.0420. The summed E-state index contributed by atoms with van der Waals surface area (Å²) in [4.78, 5) is 12.7. The van der Waals surface area contributed by atoms with E-state index in [0.29, 0.717) is 23.5 Å². The summed E-state index contributed by atoms with van der Waals surface area (Å²) in [6.45, 7) is 3.63. The van der Waals surface area contributed by atoms with Gasteiger partial charge in [0.25, 0.3) is 0 Å². The molecule has 0 saturated carbocycles. The zero-order valence-electron chi connectivity index (χ0n) is 14.7. The Bertz CT molecular complexity index is 806. The largest absolute Gasteiger partial charge is 0.496 e. The molecule has 1 aliphatic rings. The minimum atomic E-state index is -0.766. The first-order valence-electron chi connectivity index (χ1n) is 8.27. The zero-order valence-corrected chi connectivity index (χ0v) is 14.7. The Kier molecular flexibility index (Phi) is 4.64. The predicted octanol–water partition coefficient (Wildman–Crippen LogP) is 3.67. The Hall–Kier alpha value is -2.59. The molecule has 4 heteroatoms. The summed E-state index contributed by atoms with van der Waals surface area (Å²) in [6.07, 6.45) is 3.04. The molecule has 0 amide bonds. The van der Waals surface area contributed by atoms with Gasteiger partial charge in [0.15, 0.2) is 5.78 Å². The zero-order chi connectivity index (χ0) is 18.0. The van der Waals surface area contributed by atoms with Crippen molar-refractivity contribution in [3.63, 3.8) is 0 Å². The first-order chi connectivity index (χ1) is 11.9. The van der Waals surface area contributed by atoms with Crippen molar-refractivity contribution in [2.45, 2.75) is 32.0 Å². The molecule has 130 valence electrons. The summed E-state index contributed by atoms with van der Waals surface area (Å²) in [5, 5.41) is 10.3. The number of benzene rings is 2. The van der Waals surface area contributed by atoms with Gasteiger partial charge in [-0.05, 0) is 37.6 Å². The average molecular weight is 338 g/mol. The Morgan fingerprint density at radius 2 is 1.96 bits per heavy atom. The lowest BCUT2D eigenvalue weighted by Crippen LogP contribution is -2.46. The van der Waals surface area contributed by atoms with E-state index in [4.69, 9.17) is 9.47 Å². The SMILES string of the molecule is COc1ccc(C(=O)C=Cc2ccccc2)c2c1C[C@H](O)C(C)(C)O2. The van der Waals surface area contributed by atoms with E-state index < -0.39 is 11.7 Å². The average Bonchev–Trinajstić information content (AvgIpc) is 2.60. The van der Waals surface area contributed by atoms with E-state index in [1.54, 1.807) is 31.4 Å². The molecule has 1 atom stereocenters. The number of ether oxygens (including phenoxy) is 2. The molecule has 0 spiro atoms. The molecule has 3 rings (SSSR count). The second kappa shape index (κ2) is 6.73. The number of rotatable bonds is 4. The highest BCUT2D eigenvalue weighted by Gasteiger charge is 2.38. The maximum atomic E-state index is 12.7. The third kappa shape index (κ3) is 3.44. The smallest absolute Gasteiger partial charge is 0.189 e. The summed E-state index contributed by atoms with van der Waals surface area (Å²) in [5.41, 5.74) is 1.39. The minimum absolute atomic E-state index is 0.144. The van der Waals surface area contributed by atoms with Crippen LogP contribution < -0.4 is 9.47 Å². The third-order valence-electron chi connectivity index (χ3n) is 4.49. The van der Waals surface area contributed by atoms with E-state index in [2.05, 4.69) is 0 Å². The van der Waals surface area contributed by atoms with Gasteiger partial charge in [-0.25, -0.2) is 0 Å². The fourth-order valence-electron chi connectivity index (χ4n) is 2.90. The molecule has 0 aromatic heterocycles. The van der Waals surface area contributed by atoms with Crippen LogP contribution >= 0.6 is 0 Å². The number of fused-ring (bicyclic) bond motifs is 1. The van der Waals surface area contributed by atoms with Crippen LogP contribution in [0.25, 0.3) is 6.08 Å². The number of carbonyl (C=O) groups excluding carboxylic acids is 1. The van der Waals surface area contributed by atoms with E-state index in [1.165, 1.54) is 0 Å². The number of aliphatic hydroxyl groups is 1. The Balaban J connectivity index is 1.99. The highest BCUT2D eigenvalue weighted by atomic mass is 16.5. The fraction of sp³-hybridized carbons (Fsp3) is 0.286. The molecule has 0 radical (unpaired) electrons. The van der Waals surface area contributed by atoms with Crippen molar-refractivity contribution < 1.29 is 19.4 Å². The molecule has 2 aromatic rings. The van der Waals surface area contributed by atoms with E-state index in [-0.39, 0.29) is 5.78 Å². The van der Waals surface area contributed by atoms with Gasteiger partial charge in [0.2, 0.25) is 0 Å². The van der Waals surface area contributed by atoms with Crippen molar-refractivity contribution in [1.29, 1.82) is 0 Å². The summed E-state index contributed by atoms with van der Waals surface area (Å²) in [7, 11) is 1.57. The number of carbonyl (C=O) groups is 1. The highest BCUT2D eigenvalue weighted by Crippen LogP contribution is 2.41. The minimum Gasteiger partial charge on any atom is -0.496 e. The van der Waals surface area contributed by atoms with Crippen LogP contribution in [0.1, 0.15) is 35.3 Å². The highest BCUT2D eigenvalue weighted by molar-refractivity contribution is 6.09. The molecule has 1 heterocycles.